The van der Waals surface area contributed by atoms with E-state index in [0.717, 1.165) is 6.07 Å². The van der Waals surface area contributed by atoms with Crippen LogP contribution < -0.4 is 5.73 Å². The van der Waals surface area contributed by atoms with Gasteiger partial charge in [0, 0.05) is 25.4 Å². The van der Waals surface area contributed by atoms with Gasteiger partial charge in [-0.2, -0.15) is 4.31 Å². The topological polar surface area (TPSA) is 72.6 Å². The van der Waals surface area contributed by atoms with Gasteiger partial charge in [0.25, 0.3) is 0 Å². The molecule has 1 fully saturated rings. The molecular formula is C13H18BrFN2O3S. The molecular weight excluding hydrogens is 363 g/mol. The summed E-state index contributed by atoms with van der Waals surface area (Å²) in [7, 11) is -3.88. The van der Waals surface area contributed by atoms with Crippen LogP contribution in [0.25, 0.3) is 0 Å². The molecule has 1 heterocycles. The Bertz CT molecular complexity index is 616. The molecule has 0 spiro atoms. The highest BCUT2D eigenvalue weighted by molar-refractivity contribution is 9.10. The zero-order valence-corrected chi connectivity index (χ0v) is 14.1. The van der Waals surface area contributed by atoms with Crippen LogP contribution in [0.2, 0.25) is 0 Å². The van der Waals surface area contributed by atoms with Gasteiger partial charge in [-0.3, -0.25) is 0 Å². The maximum Gasteiger partial charge on any atom is 0.246 e. The van der Waals surface area contributed by atoms with Crippen molar-refractivity contribution < 1.29 is 17.5 Å². The van der Waals surface area contributed by atoms with Crippen LogP contribution in [-0.2, 0) is 14.8 Å². The second-order valence-electron chi connectivity index (χ2n) is 4.87. The van der Waals surface area contributed by atoms with Crippen molar-refractivity contribution in [3.63, 3.8) is 0 Å². The first-order valence-electron chi connectivity index (χ1n) is 6.72. The first kappa shape index (κ1) is 16.7. The number of nitrogens with two attached hydrogens (primary N) is 1. The summed E-state index contributed by atoms with van der Waals surface area (Å²) in [6.07, 6.45) is 1.29. The predicted octanol–water partition coefficient (Wildman–Crippen LogP) is 2.36. The molecule has 5 nitrogen and oxygen atoms in total. The van der Waals surface area contributed by atoms with Gasteiger partial charge in [0.1, 0.15) is 4.90 Å². The minimum atomic E-state index is -3.88. The van der Waals surface area contributed by atoms with Gasteiger partial charge in [-0.15, -0.1) is 0 Å². The molecule has 0 aromatic heterocycles. The third-order valence-corrected chi connectivity index (χ3v) is 5.91. The zero-order valence-electron chi connectivity index (χ0n) is 11.7. The van der Waals surface area contributed by atoms with Crippen LogP contribution in [-0.4, -0.2) is 38.5 Å². The Morgan fingerprint density at radius 1 is 1.43 bits per heavy atom. The summed E-state index contributed by atoms with van der Waals surface area (Å²) >= 11 is 2.99. The smallest absolute Gasteiger partial charge is 0.246 e. The highest BCUT2D eigenvalue weighted by atomic mass is 79.9. The Kier molecular flexibility index (Phi) is 5.24. The van der Waals surface area contributed by atoms with Crippen molar-refractivity contribution in [3.05, 3.63) is 22.4 Å². The van der Waals surface area contributed by atoms with Gasteiger partial charge < -0.3 is 10.5 Å². The molecule has 8 heteroatoms. The van der Waals surface area contributed by atoms with Crippen LogP contribution in [0.3, 0.4) is 0 Å². The van der Waals surface area contributed by atoms with Gasteiger partial charge in [-0.25, -0.2) is 12.8 Å². The van der Waals surface area contributed by atoms with Gasteiger partial charge >= 0.3 is 0 Å². The zero-order chi connectivity index (χ0) is 15.6. The molecule has 1 aliphatic rings. The largest absolute Gasteiger partial charge is 0.399 e. The van der Waals surface area contributed by atoms with Crippen molar-refractivity contribution in [1.29, 1.82) is 0 Å². The molecule has 0 aliphatic carbocycles. The minimum absolute atomic E-state index is 0.0466. The maximum absolute atomic E-state index is 14.1. The third kappa shape index (κ3) is 3.56. The van der Waals surface area contributed by atoms with Crippen molar-refractivity contribution in [2.24, 2.45) is 0 Å². The predicted molar refractivity (Wildman–Crippen MR) is 81.9 cm³/mol. The van der Waals surface area contributed by atoms with Crippen LogP contribution in [0.4, 0.5) is 10.1 Å². The van der Waals surface area contributed by atoms with E-state index in [4.69, 9.17) is 10.5 Å². The Labute approximate surface area is 132 Å². The number of nitrogen functional groups attached to an aromatic ring is 1. The molecule has 0 unspecified atom stereocenters. The van der Waals surface area contributed by atoms with Crippen molar-refractivity contribution in [2.45, 2.75) is 30.8 Å². The monoisotopic (exact) mass is 380 g/mol. The van der Waals surface area contributed by atoms with Crippen LogP contribution in [0.1, 0.15) is 19.8 Å². The maximum atomic E-state index is 14.1. The van der Waals surface area contributed by atoms with E-state index in [0.29, 0.717) is 32.5 Å². The van der Waals surface area contributed by atoms with E-state index in [9.17, 15) is 12.8 Å². The number of halogens is 2. The molecule has 1 aromatic rings. The fraction of sp³-hybridized carbons (Fsp3) is 0.538. The molecule has 1 aliphatic heterocycles. The lowest BCUT2D eigenvalue weighted by Gasteiger charge is -2.31. The Hall–Kier alpha value is -0.700. The van der Waals surface area contributed by atoms with E-state index in [1.807, 2.05) is 6.92 Å². The number of nitrogens with zero attached hydrogens (tertiary/aromatic N) is 1. The fourth-order valence-corrected chi connectivity index (χ4v) is 4.59. The van der Waals surface area contributed by atoms with Gasteiger partial charge in [-0.1, -0.05) is 0 Å². The average Bonchev–Trinajstić information content (AvgIpc) is 2.43. The van der Waals surface area contributed by atoms with Gasteiger partial charge in [-0.05, 0) is 47.8 Å². The minimum Gasteiger partial charge on any atom is -0.399 e. The van der Waals surface area contributed by atoms with E-state index in [2.05, 4.69) is 15.9 Å². The van der Waals surface area contributed by atoms with Crippen molar-refractivity contribution in [2.75, 3.05) is 25.4 Å². The molecule has 21 heavy (non-hydrogen) atoms. The average molecular weight is 381 g/mol. The second kappa shape index (κ2) is 6.60. The van der Waals surface area contributed by atoms with Gasteiger partial charge in [0.2, 0.25) is 10.0 Å². The Morgan fingerprint density at radius 3 is 2.62 bits per heavy atom. The SMILES string of the molecule is CCOC1CCN(S(=O)(=O)c2cc(N)cc(Br)c2F)CC1. The first-order chi connectivity index (χ1) is 9.86. The summed E-state index contributed by atoms with van der Waals surface area (Å²) in [6.45, 7) is 3.15. The summed E-state index contributed by atoms with van der Waals surface area (Å²) < 4.78 is 46.0. The highest BCUT2D eigenvalue weighted by Crippen LogP contribution is 2.29. The molecule has 2 rings (SSSR count). The molecule has 0 bridgehead atoms. The second-order valence-corrected chi connectivity index (χ2v) is 7.63. The van der Waals surface area contributed by atoms with Crippen LogP contribution in [0.5, 0.6) is 0 Å². The summed E-state index contributed by atoms with van der Waals surface area (Å²) in [6, 6.07) is 2.50. The molecule has 118 valence electrons. The van der Waals surface area contributed by atoms with E-state index in [1.165, 1.54) is 10.4 Å². The summed E-state index contributed by atoms with van der Waals surface area (Å²) in [5, 5.41) is 0. The van der Waals surface area contributed by atoms with E-state index in [1.54, 1.807) is 0 Å². The fourth-order valence-electron chi connectivity index (χ4n) is 2.39. The quantitative estimate of drug-likeness (QED) is 0.813. The van der Waals surface area contributed by atoms with Crippen molar-refractivity contribution in [3.8, 4) is 0 Å². The molecule has 0 amide bonds. The van der Waals surface area contributed by atoms with Crippen LogP contribution >= 0.6 is 15.9 Å². The normalized spacial score (nSPS) is 18.0. The third-order valence-electron chi connectivity index (χ3n) is 3.44. The van der Waals surface area contributed by atoms with Crippen LogP contribution in [0.15, 0.2) is 21.5 Å². The number of piperidine rings is 1. The number of sulfonamides is 1. The number of anilines is 1. The first-order valence-corrected chi connectivity index (χ1v) is 8.95. The summed E-state index contributed by atoms with van der Waals surface area (Å²) in [4.78, 5) is -0.385. The number of ether oxygens (including phenoxy) is 1. The molecule has 1 saturated heterocycles. The molecule has 1 aromatic carbocycles. The lowest BCUT2D eigenvalue weighted by molar-refractivity contribution is 0.0290. The van der Waals surface area contributed by atoms with Crippen molar-refractivity contribution in [1.82, 2.24) is 4.31 Å². The van der Waals surface area contributed by atoms with Crippen molar-refractivity contribution >= 4 is 31.6 Å². The summed E-state index contributed by atoms with van der Waals surface area (Å²) in [5.41, 5.74) is 5.82. The number of hydrogen-bond donors (Lipinski definition) is 1. The molecule has 2 N–H and O–H groups in total. The van der Waals surface area contributed by atoms with Crippen LogP contribution in [0, 0.1) is 5.82 Å². The van der Waals surface area contributed by atoms with Gasteiger partial charge in [0.05, 0.1) is 10.6 Å². The van der Waals surface area contributed by atoms with E-state index >= 15 is 0 Å². The summed E-state index contributed by atoms with van der Waals surface area (Å²) in [5.74, 6) is -0.809. The Balaban J connectivity index is 2.24. The number of hydrogen-bond acceptors (Lipinski definition) is 4. The Morgan fingerprint density at radius 2 is 2.05 bits per heavy atom. The lowest BCUT2D eigenvalue weighted by Crippen LogP contribution is -2.41. The lowest BCUT2D eigenvalue weighted by atomic mass is 10.1. The molecule has 0 radical (unpaired) electrons. The molecule has 0 atom stereocenters. The van der Waals surface area contributed by atoms with E-state index < -0.39 is 15.8 Å². The van der Waals surface area contributed by atoms with Gasteiger partial charge in [0.15, 0.2) is 5.82 Å². The van der Waals surface area contributed by atoms with E-state index in [-0.39, 0.29) is 21.2 Å². The molecule has 0 saturated carbocycles. The number of rotatable bonds is 4. The standard InChI is InChI=1S/C13H18BrFN2O3S/c1-2-20-10-3-5-17(6-4-10)21(18,19)12-8-9(16)7-11(14)13(12)15/h7-8,10H,2-6,16H2,1H3. The highest BCUT2D eigenvalue weighted by Gasteiger charge is 2.32. The number of benzene rings is 1.